The van der Waals surface area contributed by atoms with Crippen molar-refractivity contribution in [3.8, 4) is 0 Å². The Hall–Kier alpha value is -1.65. The summed E-state index contributed by atoms with van der Waals surface area (Å²) in [6.45, 7) is 9.39. The van der Waals surface area contributed by atoms with Gasteiger partial charge in [-0.3, -0.25) is 4.79 Å². The van der Waals surface area contributed by atoms with Crippen molar-refractivity contribution in [2.45, 2.75) is 46.0 Å². The maximum Gasteiger partial charge on any atom is 0.228 e. The van der Waals surface area contributed by atoms with Crippen molar-refractivity contribution in [2.24, 2.45) is 5.41 Å². The van der Waals surface area contributed by atoms with E-state index in [0.717, 1.165) is 38.4 Å². The fourth-order valence-electron chi connectivity index (χ4n) is 2.96. The first-order chi connectivity index (χ1) is 10.4. The molecule has 1 aliphatic heterocycles. The molecule has 2 aliphatic rings. The monoisotopic (exact) mass is 302 g/mol. The molecule has 1 saturated carbocycles. The molecular formula is C17H26N4O. The zero-order chi connectivity index (χ0) is 15.7. The molecule has 2 heterocycles. The maximum atomic E-state index is 12.4. The van der Waals surface area contributed by atoms with E-state index in [4.69, 9.17) is 0 Å². The molecule has 0 aromatic carbocycles. The van der Waals surface area contributed by atoms with Gasteiger partial charge in [0.25, 0.3) is 0 Å². The summed E-state index contributed by atoms with van der Waals surface area (Å²) in [6, 6.07) is 2.14. The first-order valence-electron chi connectivity index (χ1n) is 8.31. The van der Waals surface area contributed by atoms with Crippen LogP contribution in [0.1, 0.15) is 51.6 Å². The lowest BCUT2D eigenvalue weighted by Gasteiger charge is -2.28. The summed E-state index contributed by atoms with van der Waals surface area (Å²) in [5.74, 6) is 1.91. The van der Waals surface area contributed by atoms with Crippen LogP contribution < -0.4 is 4.90 Å². The third-order valence-corrected chi connectivity index (χ3v) is 4.42. The highest BCUT2D eigenvalue weighted by Gasteiger charge is 2.29. The summed E-state index contributed by atoms with van der Waals surface area (Å²) in [6.07, 6.45) is 5.19. The molecule has 0 radical (unpaired) electrons. The second kappa shape index (κ2) is 5.86. The zero-order valence-electron chi connectivity index (χ0n) is 13.9. The minimum atomic E-state index is -0.302. The predicted octanol–water partition coefficient (Wildman–Crippen LogP) is 2.44. The molecule has 0 unspecified atom stereocenters. The number of carbonyl (C=O) groups is 1. The fraction of sp³-hybridized carbons (Fsp3) is 0.706. The number of aromatic nitrogens is 2. The average molecular weight is 302 g/mol. The van der Waals surface area contributed by atoms with Crippen LogP contribution in [0.3, 0.4) is 0 Å². The maximum absolute atomic E-state index is 12.4. The summed E-state index contributed by atoms with van der Waals surface area (Å²) < 4.78 is 0. The molecule has 22 heavy (non-hydrogen) atoms. The van der Waals surface area contributed by atoms with Crippen molar-refractivity contribution in [3.05, 3.63) is 18.1 Å². The Morgan fingerprint density at radius 3 is 2.59 bits per heavy atom. The summed E-state index contributed by atoms with van der Waals surface area (Å²) in [7, 11) is 0. The molecule has 0 N–H and O–H groups in total. The SMILES string of the molecule is CC(C)(C)C(=O)N1CCCN(c2cc(C3CC3)ncn2)CC1. The number of rotatable bonds is 2. The molecule has 0 bridgehead atoms. The molecule has 1 amide bonds. The van der Waals surface area contributed by atoms with Crippen LogP contribution in [0.15, 0.2) is 12.4 Å². The van der Waals surface area contributed by atoms with Gasteiger partial charge in [0.15, 0.2) is 0 Å². The van der Waals surface area contributed by atoms with Crippen molar-refractivity contribution in [1.82, 2.24) is 14.9 Å². The van der Waals surface area contributed by atoms with E-state index in [1.165, 1.54) is 18.5 Å². The van der Waals surface area contributed by atoms with Gasteiger partial charge in [-0.25, -0.2) is 9.97 Å². The van der Waals surface area contributed by atoms with Gasteiger partial charge in [-0.05, 0) is 19.3 Å². The van der Waals surface area contributed by atoms with Crippen molar-refractivity contribution < 1.29 is 4.79 Å². The van der Waals surface area contributed by atoms with Gasteiger partial charge in [-0.1, -0.05) is 20.8 Å². The predicted molar refractivity (Wildman–Crippen MR) is 86.9 cm³/mol. The average Bonchev–Trinajstić information content (AvgIpc) is 3.32. The molecular weight excluding hydrogens is 276 g/mol. The normalized spacial score (nSPS) is 20.0. The van der Waals surface area contributed by atoms with Crippen molar-refractivity contribution in [2.75, 3.05) is 31.1 Å². The molecule has 5 heteroatoms. The molecule has 0 atom stereocenters. The smallest absolute Gasteiger partial charge is 0.228 e. The Kier molecular flexibility index (Phi) is 4.06. The number of nitrogens with zero attached hydrogens (tertiary/aromatic N) is 4. The van der Waals surface area contributed by atoms with Crippen LogP contribution in [-0.4, -0.2) is 47.0 Å². The topological polar surface area (TPSA) is 49.3 Å². The summed E-state index contributed by atoms with van der Waals surface area (Å²) in [5.41, 5.74) is 0.875. The third kappa shape index (κ3) is 3.39. The van der Waals surface area contributed by atoms with Crippen LogP contribution in [0.5, 0.6) is 0 Å². The fourth-order valence-corrected chi connectivity index (χ4v) is 2.96. The zero-order valence-corrected chi connectivity index (χ0v) is 13.9. The Morgan fingerprint density at radius 1 is 1.14 bits per heavy atom. The van der Waals surface area contributed by atoms with E-state index in [0.29, 0.717) is 5.92 Å². The van der Waals surface area contributed by atoms with Gasteiger partial charge >= 0.3 is 0 Å². The van der Waals surface area contributed by atoms with E-state index < -0.39 is 0 Å². The largest absolute Gasteiger partial charge is 0.355 e. The minimum Gasteiger partial charge on any atom is -0.355 e. The molecule has 1 saturated heterocycles. The van der Waals surface area contributed by atoms with Crippen LogP contribution in [0.4, 0.5) is 5.82 Å². The van der Waals surface area contributed by atoms with E-state index in [9.17, 15) is 4.79 Å². The molecule has 1 aromatic heterocycles. The van der Waals surface area contributed by atoms with Crippen LogP contribution in [-0.2, 0) is 4.79 Å². The standard InChI is InChI=1S/C17H26N4O/c1-17(2,3)16(22)21-8-4-7-20(9-10-21)15-11-14(13-5-6-13)18-12-19-15/h11-13H,4-10H2,1-3H3. The van der Waals surface area contributed by atoms with Gasteiger partial charge in [0.05, 0.1) is 0 Å². The Labute approximate surface area is 132 Å². The number of carbonyl (C=O) groups excluding carboxylic acids is 1. The van der Waals surface area contributed by atoms with Crippen LogP contribution in [0.25, 0.3) is 0 Å². The van der Waals surface area contributed by atoms with Gasteiger partial charge in [0.2, 0.25) is 5.91 Å². The third-order valence-electron chi connectivity index (χ3n) is 4.42. The number of anilines is 1. The van der Waals surface area contributed by atoms with Gasteiger partial charge in [0.1, 0.15) is 12.1 Å². The lowest BCUT2D eigenvalue weighted by Crippen LogP contribution is -2.41. The van der Waals surface area contributed by atoms with Crippen LogP contribution >= 0.6 is 0 Å². The van der Waals surface area contributed by atoms with Crippen LogP contribution in [0, 0.1) is 5.41 Å². The summed E-state index contributed by atoms with van der Waals surface area (Å²) in [5, 5.41) is 0. The highest BCUT2D eigenvalue weighted by molar-refractivity contribution is 5.81. The molecule has 1 aliphatic carbocycles. The molecule has 5 nitrogen and oxygen atoms in total. The molecule has 2 fully saturated rings. The van der Waals surface area contributed by atoms with E-state index in [2.05, 4.69) is 20.9 Å². The summed E-state index contributed by atoms with van der Waals surface area (Å²) in [4.78, 5) is 25.6. The quantitative estimate of drug-likeness (QED) is 0.842. The lowest BCUT2D eigenvalue weighted by atomic mass is 9.94. The lowest BCUT2D eigenvalue weighted by molar-refractivity contribution is -0.139. The Bertz CT molecular complexity index is 548. The molecule has 1 aromatic rings. The van der Waals surface area contributed by atoms with E-state index >= 15 is 0 Å². The minimum absolute atomic E-state index is 0.246. The Balaban J connectivity index is 1.67. The van der Waals surface area contributed by atoms with Crippen molar-refractivity contribution in [1.29, 1.82) is 0 Å². The highest BCUT2D eigenvalue weighted by Crippen LogP contribution is 2.39. The van der Waals surface area contributed by atoms with Crippen LogP contribution in [0.2, 0.25) is 0 Å². The number of amides is 1. The second-order valence-corrected chi connectivity index (χ2v) is 7.46. The highest BCUT2D eigenvalue weighted by atomic mass is 16.2. The summed E-state index contributed by atoms with van der Waals surface area (Å²) >= 11 is 0. The second-order valence-electron chi connectivity index (χ2n) is 7.46. The van der Waals surface area contributed by atoms with Gasteiger partial charge in [0, 0.05) is 49.3 Å². The van der Waals surface area contributed by atoms with Crippen molar-refractivity contribution >= 4 is 11.7 Å². The Morgan fingerprint density at radius 2 is 1.91 bits per heavy atom. The van der Waals surface area contributed by atoms with E-state index in [-0.39, 0.29) is 11.3 Å². The van der Waals surface area contributed by atoms with Gasteiger partial charge in [-0.2, -0.15) is 0 Å². The molecule has 3 rings (SSSR count). The van der Waals surface area contributed by atoms with Gasteiger partial charge < -0.3 is 9.80 Å². The van der Waals surface area contributed by atoms with E-state index in [1.54, 1.807) is 6.33 Å². The first-order valence-corrected chi connectivity index (χ1v) is 8.31. The van der Waals surface area contributed by atoms with Gasteiger partial charge in [-0.15, -0.1) is 0 Å². The molecule has 120 valence electrons. The van der Waals surface area contributed by atoms with Crippen molar-refractivity contribution in [3.63, 3.8) is 0 Å². The number of hydrogen-bond donors (Lipinski definition) is 0. The van der Waals surface area contributed by atoms with E-state index in [1.807, 2.05) is 25.7 Å². The number of hydrogen-bond acceptors (Lipinski definition) is 4. The first kappa shape index (κ1) is 15.3. The molecule has 0 spiro atoms.